The van der Waals surface area contributed by atoms with Gasteiger partial charge in [0.25, 0.3) is 0 Å². The Bertz CT molecular complexity index is 854. The third-order valence-corrected chi connectivity index (χ3v) is 3.66. The van der Waals surface area contributed by atoms with E-state index in [2.05, 4.69) is 5.16 Å². The molecule has 0 atom stereocenters. The van der Waals surface area contributed by atoms with Crippen molar-refractivity contribution in [3.8, 4) is 45.4 Å². The molecule has 23 heavy (non-hydrogen) atoms. The molecule has 0 aliphatic carbocycles. The van der Waals surface area contributed by atoms with E-state index in [-0.39, 0.29) is 12.5 Å². The number of nitrogens with zero attached hydrogens (tertiary/aromatic N) is 1. The molecule has 0 N–H and O–H groups in total. The van der Waals surface area contributed by atoms with Gasteiger partial charge in [-0.05, 0) is 17.7 Å². The molecule has 0 amide bonds. The predicted molar refractivity (Wildman–Crippen MR) is 79.5 cm³/mol. The van der Waals surface area contributed by atoms with Crippen LogP contribution in [0.1, 0.15) is 0 Å². The average Bonchev–Trinajstić information content (AvgIpc) is 3.23. The second-order valence-electron chi connectivity index (χ2n) is 5.01. The van der Waals surface area contributed by atoms with Gasteiger partial charge in [-0.3, -0.25) is 0 Å². The Kier molecular flexibility index (Phi) is 3.08. The van der Waals surface area contributed by atoms with Gasteiger partial charge >= 0.3 is 0 Å². The van der Waals surface area contributed by atoms with E-state index in [9.17, 15) is 5.11 Å². The minimum atomic E-state index is -0.0449. The zero-order chi connectivity index (χ0) is 15.8. The summed E-state index contributed by atoms with van der Waals surface area (Å²) in [5, 5.41) is 15.2. The minimum Gasteiger partial charge on any atom is -0.872 e. The molecule has 1 aromatic heterocycles. The van der Waals surface area contributed by atoms with Crippen LogP contribution in [0.5, 0.6) is 23.0 Å². The zero-order valence-corrected chi connectivity index (χ0v) is 12.2. The molecule has 0 fully saturated rings. The highest BCUT2D eigenvalue weighted by Crippen LogP contribution is 2.45. The van der Waals surface area contributed by atoms with E-state index in [4.69, 9.17) is 18.7 Å². The number of aromatic nitrogens is 1. The van der Waals surface area contributed by atoms with E-state index in [0.717, 1.165) is 16.7 Å². The second kappa shape index (κ2) is 5.24. The maximum absolute atomic E-state index is 11.3. The number of fused-ring (bicyclic) bond motifs is 1. The first kappa shape index (κ1) is 13.5. The topological polar surface area (TPSA) is 76.8 Å². The molecule has 0 unspecified atom stereocenters. The summed E-state index contributed by atoms with van der Waals surface area (Å²) in [7, 11) is 1.56. The van der Waals surface area contributed by atoms with Gasteiger partial charge in [0, 0.05) is 11.1 Å². The molecule has 6 heteroatoms. The molecule has 0 spiro atoms. The fourth-order valence-corrected chi connectivity index (χ4v) is 2.55. The molecule has 4 rings (SSSR count). The van der Waals surface area contributed by atoms with E-state index in [1.807, 2.05) is 6.07 Å². The van der Waals surface area contributed by atoms with Crippen molar-refractivity contribution in [2.24, 2.45) is 0 Å². The van der Waals surface area contributed by atoms with Crippen molar-refractivity contribution < 1.29 is 23.8 Å². The molecule has 1 aliphatic heterocycles. The maximum Gasteiger partial charge on any atom is 0.231 e. The van der Waals surface area contributed by atoms with Crippen LogP contribution in [0.4, 0.5) is 0 Å². The van der Waals surface area contributed by atoms with Crippen LogP contribution >= 0.6 is 0 Å². The summed E-state index contributed by atoms with van der Waals surface area (Å²) in [4.78, 5) is 0. The maximum atomic E-state index is 11.3. The zero-order valence-electron chi connectivity index (χ0n) is 12.2. The summed E-state index contributed by atoms with van der Waals surface area (Å²) in [5.74, 6) is 2.26. The summed E-state index contributed by atoms with van der Waals surface area (Å²) in [6, 6.07) is 10.1. The van der Waals surface area contributed by atoms with Crippen molar-refractivity contribution in [1.29, 1.82) is 0 Å². The third kappa shape index (κ3) is 2.24. The van der Waals surface area contributed by atoms with Gasteiger partial charge in [-0.1, -0.05) is 29.4 Å². The van der Waals surface area contributed by atoms with Crippen LogP contribution in [0.15, 0.2) is 47.1 Å². The molecular formula is C17H12NO5-. The molecule has 6 nitrogen and oxygen atoms in total. The summed E-state index contributed by atoms with van der Waals surface area (Å²) in [6.07, 6.45) is 1.62. The lowest BCUT2D eigenvalue weighted by atomic mass is 10.0. The van der Waals surface area contributed by atoms with Gasteiger partial charge in [-0.2, -0.15) is 0 Å². The van der Waals surface area contributed by atoms with Crippen LogP contribution in [0, 0.1) is 0 Å². The Morgan fingerprint density at radius 2 is 1.91 bits per heavy atom. The molecule has 2 aromatic carbocycles. The summed E-state index contributed by atoms with van der Waals surface area (Å²) in [5.41, 5.74) is 2.38. The largest absolute Gasteiger partial charge is 0.872 e. The number of methoxy groups -OCH3 is 1. The highest BCUT2D eigenvalue weighted by molar-refractivity contribution is 5.81. The fraction of sp³-hybridized carbons (Fsp3) is 0.118. The van der Waals surface area contributed by atoms with Crippen LogP contribution in [0.3, 0.4) is 0 Å². The minimum absolute atomic E-state index is 0.0449. The van der Waals surface area contributed by atoms with Crippen molar-refractivity contribution in [1.82, 2.24) is 5.16 Å². The van der Waals surface area contributed by atoms with Crippen LogP contribution in [0.2, 0.25) is 0 Å². The molecule has 0 bridgehead atoms. The van der Waals surface area contributed by atoms with Crippen LogP contribution in [0.25, 0.3) is 22.5 Å². The summed E-state index contributed by atoms with van der Waals surface area (Å²) in [6.45, 7) is 0.156. The van der Waals surface area contributed by atoms with Gasteiger partial charge < -0.3 is 23.8 Å². The quantitative estimate of drug-likeness (QED) is 0.740. The highest BCUT2D eigenvalue weighted by atomic mass is 16.7. The number of rotatable bonds is 3. The molecule has 116 valence electrons. The van der Waals surface area contributed by atoms with Crippen molar-refractivity contribution in [3.05, 3.63) is 42.6 Å². The van der Waals surface area contributed by atoms with E-state index >= 15 is 0 Å². The number of benzene rings is 2. The lowest BCUT2D eigenvalue weighted by Gasteiger charge is -2.09. The van der Waals surface area contributed by atoms with Crippen LogP contribution in [-0.2, 0) is 0 Å². The van der Waals surface area contributed by atoms with Crippen LogP contribution < -0.4 is 19.3 Å². The number of hydrogen-bond donors (Lipinski definition) is 0. The second-order valence-corrected chi connectivity index (χ2v) is 5.01. The van der Waals surface area contributed by atoms with Crippen molar-refractivity contribution >= 4 is 0 Å². The molecule has 0 radical (unpaired) electrons. The van der Waals surface area contributed by atoms with E-state index in [0.29, 0.717) is 23.0 Å². The van der Waals surface area contributed by atoms with E-state index in [1.54, 1.807) is 31.5 Å². The first-order chi connectivity index (χ1) is 11.3. The Morgan fingerprint density at radius 1 is 1.09 bits per heavy atom. The van der Waals surface area contributed by atoms with Gasteiger partial charge in [0.2, 0.25) is 12.5 Å². The SMILES string of the molecule is COc1cc(-c2oncc2-c2ccc([O-])cc2)cc2c1OCO2. The van der Waals surface area contributed by atoms with Gasteiger partial charge in [-0.25, -0.2) is 0 Å². The van der Waals surface area contributed by atoms with Gasteiger partial charge in [0.15, 0.2) is 17.3 Å². The molecule has 0 saturated carbocycles. The Hall–Kier alpha value is -3.15. The number of ether oxygens (including phenoxy) is 3. The normalized spacial score (nSPS) is 12.4. The van der Waals surface area contributed by atoms with Crippen molar-refractivity contribution in [3.63, 3.8) is 0 Å². The Morgan fingerprint density at radius 3 is 2.70 bits per heavy atom. The molecule has 3 aromatic rings. The Balaban J connectivity index is 1.83. The highest BCUT2D eigenvalue weighted by Gasteiger charge is 2.23. The Labute approximate surface area is 131 Å². The van der Waals surface area contributed by atoms with Crippen molar-refractivity contribution in [2.75, 3.05) is 13.9 Å². The lowest BCUT2D eigenvalue weighted by Crippen LogP contribution is -1.93. The molecule has 2 heterocycles. The lowest BCUT2D eigenvalue weighted by molar-refractivity contribution is -0.268. The first-order valence-electron chi connectivity index (χ1n) is 6.96. The fourth-order valence-electron chi connectivity index (χ4n) is 2.55. The molecule has 0 saturated heterocycles. The van der Waals surface area contributed by atoms with E-state index < -0.39 is 0 Å². The third-order valence-electron chi connectivity index (χ3n) is 3.66. The molecular weight excluding hydrogens is 298 g/mol. The summed E-state index contributed by atoms with van der Waals surface area (Å²) < 4.78 is 21.6. The summed E-state index contributed by atoms with van der Waals surface area (Å²) >= 11 is 0. The molecule has 1 aliphatic rings. The van der Waals surface area contributed by atoms with Gasteiger partial charge in [-0.15, -0.1) is 5.75 Å². The first-order valence-corrected chi connectivity index (χ1v) is 6.96. The standard InChI is InChI=1S/C17H13NO5/c1-20-14-6-11(7-15-17(14)22-9-21-15)16-13(8-18-23-16)10-2-4-12(19)5-3-10/h2-8,19H,9H2,1H3/p-1. The predicted octanol–water partition coefficient (Wildman–Crippen LogP) is 2.82. The monoisotopic (exact) mass is 310 g/mol. The van der Waals surface area contributed by atoms with Gasteiger partial charge in [0.1, 0.15) is 0 Å². The van der Waals surface area contributed by atoms with E-state index in [1.165, 1.54) is 12.1 Å². The van der Waals surface area contributed by atoms with Crippen molar-refractivity contribution in [2.45, 2.75) is 0 Å². The van der Waals surface area contributed by atoms with Crippen LogP contribution in [-0.4, -0.2) is 19.1 Å². The average molecular weight is 310 g/mol. The van der Waals surface area contributed by atoms with Gasteiger partial charge in [0.05, 0.1) is 13.3 Å². The number of hydrogen-bond acceptors (Lipinski definition) is 6. The smallest absolute Gasteiger partial charge is 0.231 e.